The van der Waals surface area contributed by atoms with Gasteiger partial charge < -0.3 is 4.74 Å². The summed E-state index contributed by atoms with van der Waals surface area (Å²) >= 11 is 6.05. The van der Waals surface area contributed by atoms with E-state index in [1.54, 1.807) is 25.4 Å². The zero-order valence-electron chi connectivity index (χ0n) is 11.2. The van der Waals surface area contributed by atoms with Gasteiger partial charge in [0.05, 0.1) is 12.6 Å². The Morgan fingerprint density at radius 3 is 2.71 bits per heavy atom. The first-order valence-corrected chi connectivity index (χ1v) is 6.88. The molecule has 0 spiro atoms. The van der Waals surface area contributed by atoms with Gasteiger partial charge in [0, 0.05) is 33.3 Å². The molecule has 4 rings (SSSR count). The van der Waals surface area contributed by atoms with E-state index in [0.717, 1.165) is 22.0 Å². The minimum Gasteiger partial charge on any atom is -0.497 e. The fourth-order valence-corrected chi connectivity index (χ4v) is 2.99. The number of hydrogen-bond acceptors (Lipinski definition) is 3. The van der Waals surface area contributed by atoms with Crippen LogP contribution in [0.15, 0.2) is 42.6 Å². The molecular formula is C17H10ClNO2. The number of methoxy groups -OCH3 is 1. The number of ether oxygens (including phenoxy) is 1. The summed E-state index contributed by atoms with van der Waals surface area (Å²) in [4.78, 5) is 17.1. The maximum atomic E-state index is 12.7. The number of nitrogens with zero attached hydrogens (tertiary/aromatic N) is 1. The topological polar surface area (TPSA) is 39.2 Å². The van der Waals surface area contributed by atoms with E-state index < -0.39 is 0 Å². The molecule has 21 heavy (non-hydrogen) atoms. The molecule has 3 nitrogen and oxygen atoms in total. The number of aromatic nitrogens is 1. The maximum Gasteiger partial charge on any atom is 0.195 e. The number of ketones is 1. The van der Waals surface area contributed by atoms with Gasteiger partial charge in [-0.1, -0.05) is 11.6 Å². The molecule has 2 aromatic carbocycles. The summed E-state index contributed by atoms with van der Waals surface area (Å²) in [5, 5.41) is 1.42. The summed E-state index contributed by atoms with van der Waals surface area (Å²) < 4.78 is 5.25. The minimum absolute atomic E-state index is 0.0114. The summed E-state index contributed by atoms with van der Waals surface area (Å²) in [7, 11) is 1.61. The van der Waals surface area contributed by atoms with Gasteiger partial charge in [-0.25, -0.2) is 0 Å². The smallest absolute Gasteiger partial charge is 0.195 e. The molecule has 1 aromatic heterocycles. The van der Waals surface area contributed by atoms with E-state index in [-0.39, 0.29) is 5.78 Å². The van der Waals surface area contributed by atoms with Crippen LogP contribution in [-0.2, 0) is 0 Å². The van der Waals surface area contributed by atoms with Gasteiger partial charge in [0.15, 0.2) is 5.78 Å². The van der Waals surface area contributed by atoms with Crippen molar-refractivity contribution in [1.29, 1.82) is 0 Å². The summed E-state index contributed by atoms with van der Waals surface area (Å²) in [5.41, 5.74) is 3.81. The minimum atomic E-state index is 0.0114. The molecule has 0 amide bonds. The van der Waals surface area contributed by atoms with Crippen molar-refractivity contribution in [2.75, 3.05) is 7.11 Å². The van der Waals surface area contributed by atoms with E-state index in [1.807, 2.05) is 24.3 Å². The molecule has 3 aromatic rings. The van der Waals surface area contributed by atoms with E-state index in [9.17, 15) is 4.79 Å². The largest absolute Gasteiger partial charge is 0.497 e. The van der Waals surface area contributed by atoms with E-state index in [2.05, 4.69) is 4.98 Å². The molecule has 0 fully saturated rings. The highest BCUT2D eigenvalue weighted by atomic mass is 35.5. The molecule has 0 bridgehead atoms. The van der Waals surface area contributed by atoms with Crippen LogP contribution in [0.25, 0.3) is 22.0 Å². The predicted molar refractivity (Wildman–Crippen MR) is 82.2 cm³/mol. The summed E-state index contributed by atoms with van der Waals surface area (Å²) in [5.74, 6) is 0.719. The average Bonchev–Trinajstić information content (AvgIpc) is 2.79. The van der Waals surface area contributed by atoms with Gasteiger partial charge >= 0.3 is 0 Å². The number of carbonyl (C=O) groups excluding carboxylic acids is 1. The zero-order chi connectivity index (χ0) is 14.6. The van der Waals surface area contributed by atoms with Crippen LogP contribution in [0.5, 0.6) is 5.75 Å². The number of carbonyl (C=O) groups is 1. The Morgan fingerprint density at radius 1 is 1.05 bits per heavy atom. The van der Waals surface area contributed by atoms with Gasteiger partial charge in [-0.3, -0.25) is 9.78 Å². The summed E-state index contributed by atoms with van der Waals surface area (Å²) in [6.07, 6.45) is 1.74. The number of rotatable bonds is 1. The molecule has 0 atom stereocenters. The van der Waals surface area contributed by atoms with E-state index in [4.69, 9.17) is 16.3 Å². The van der Waals surface area contributed by atoms with Gasteiger partial charge in [0.1, 0.15) is 5.75 Å². The van der Waals surface area contributed by atoms with Crippen LogP contribution < -0.4 is 4.74 Å². The Hall–Kier alpha value is -2.39. The third kappa shape index (κ3) is 1.68. The van der Waals surface area contributed by atoms with Crippen LogP contribution >= 0.6 is 11.6 Å². The fraction of sp³-hybridized carbons (Fsp3) is 0.0588. The van der Waals surface area contributed by atoms with Crippen LogP contribution in [0, 0.1) is 0 Å². The third-order valence-electron chi connectivity index (χ3n) is 3.82. The molecule has 1 heterocycles. The Kier molecular flexibility index (Phi) is 2.53. The van der Waals surface area contributed by atoms with Gasteiger partial charge in [-0.15, -0.1) is 0 Å². The van der Waals surface area contributed by atoms with Crippen molar-refractivity contribution < 1.29 is 9.53 Å². The summed E-state index contributed by atoms with van der Waals surface area (Å²) in [6.45, 7) is 0. The lowest BCUT2D eigenvalue weighted by molar-refractivity contribution is 0.104. The fourth-order valence-electron chi connectivity index (χ4n) is 2.82. The lowest BCUT2D eigenvalue weighted by Crippen LogP contribution is -1.97. The molecule has 0 unspecified atom stereocenters. The average molecular weight is 296 g/mol. The predicted octanol–water partition coefficient (Wildman–Crippen LogP) is 4.11. The number of pyridine rings is 1. The molecule has 0 aliphatic heterocycles. The van der Waals surface area contributed by atoms with Gasteiger partial charge in [-0.05, 0) is 42.0 Å². The molecule has 0 radical (unpaired) electrons. The van der Waals surface area contributed by atoms with Crippen molar-refractivity contribution in [3.63, 3.8) is 0 Å². The highest BCUT2D eigenvalue weighted by molar-refractivity contribution is 6.32. The summed E-state index contributed by atoms with van der Waals surface area (Å²) in [6, 6.07) is 10.9. The van der Waals surface area contributed by atoms with Crippen LogP contribution in [-0.4, -0.2) is 17.9 Å². The Labute approximate surface area is 126 Å². The molecular weight excluding hydrogens is 286 g/mol. The molecule has 0 saturated heterocycles. The van der Waals surface area contributed by atoms with E-state index in [1.165, 1.54) is 0 Å². The highest BCUT2D eigenvalue weighted by Gasteiger charge is 2.29. The first-order chi connectivity index (χ1) is 10.2. The first kappa shape index (κ1) is 12.4. The zero-order valence-corrected chi connectivity index (χ0v) is 11.9. The van der Waals surface area contributed by atoms with E-state index in [0.29, 0.717) is 21.9 Å². The Morgan fingerprint density at radius 2 is 1.90 bits per heavy atom. The van der Waals surface area contributed by atoms with Crippen molar-refractivity contribution in [3.05, 3.63) is 58.7 Å². The van der Waals surface area contributed by atoms with Crippen LogP contribution in [0.2, 0.25) is 5.02 Å². The van der Waals surface area contributed by atoms with Crippen LogP contribution in [0.3, 0.4) is 0 Å². The second kappa shape index (κ2) is 4.30. The van der Waals surface area contributed by atoms with Crippen molar-refractivity contribution in [3.8, 4) is 16.9 Å². The highest BCUT2D eigenvalue weighted by Crippen LogP contribution is 2.41. The van der Waals surface area contributed by atoms with E-state index >= 15 is 0 Å². The number of halogens is 1. The van der Waals surface area contributed by atoms with Gasteiger partial charge in [-0.2, -0.15) is 0 Å². The van der Waals surface area contributed by atoms with Gasteiger partial charge in [0.2, 0.25) is 0 Å². The second-order valence-electron chi connectivity index (χ2n) is 4.95. The van der Waals surface area contributed by atoms with Gasteiger partial charge in [0.25, 0.3) is 0 Å². The van der Waals surface area contributed by atoms with Crippen molar-refractivity contribution >= 4 is 28.3 Å². The quantitative estimate of drug-likeness (QED) is 0.530. The first-order valence-electron chi connectivity index (χ1n) is 6.50. The maximum absolute atomic E-state index is 12.7. The molecule has 102 valence electrons. The lowest BCUT2D eigenvalue weighted by Gasteiger charge is -2.06. The standard InChI is InChI=1S/C17H10ClNO2/c1-21-10-3-5-15-13(7-10)16-14(8-19-15)12-6-9(18)2-4-11(12)17(16)20/h2-8H,1H3. The molecule has 4 heteroatoms. The Balaban J connectivity index is 2.10. The van der Waals surface area contributed by atoms with Crippen LogP contribution in [0.1, 0.15) is 15.9 Å². The van der Waals surface area contributed by atoms with Crippen molar-refractivity contribution in [1.82, 2.24) is 4.98 Å². The number of benzene rings is 2. The van der Waals surface area contributed by atoms with Crippen LogP contribution in [0.4, 0.5) is 0 Å². The van der Waals surface area contributed by atoms with Crippen molar-refractivity contribution in [2.45, 2.75) is 0 Å². The lowest BCUT2D eigenvalue weighted by atomic mass is 10.0. The molecule has 0 saturated carbocycles. The second-order valence-corrected chi connectivity index (χ2v) is 5.39. The monoisotopic (exact) mass is 295 g/mol. The Bertz CT molecular complexity index is 918. The molecule has 1 aliphatic rings. The molecule has 1 aliphatic carbocycles. The number of fused-ring (bicyclic) bond motifs is 5. The normalized spacial score (nSPS) is 12.4. The third-order valence-corrected chi connectivity index (χ3v) is 4.05. The number of hydrogen-bond donors (Lipinski definition) is 0. The molecule has 0 N–H and O–H groups in total. The van der Waals surface area contributed by atoms with Crippen molar-refractivity contribution in [2.24, 2.45) is 0 Å². The SMILES string of the molecule is COc1ccc2ncc3c(c2c1)C(=O)c1ccc(Cl)cc1-3.